The van der Waals surface area contributed by atoms with Gasteiger partial charge in [-0.3, -0.25) is 9.89 Å². The van der Waals surface area contributed by atoms with Gasteiger partial charge in [0, 0.05) is 32.4 Å². The van der Waals surface area contributed by atoms with E-state index in [1.54, 1.807) is 0 Å². The molecule has 0 spiro atoms. The molecule has 2 aliphatic heterocycles. The highest BCUT2D eigenvalue weighted by atomic mass is 15.3. The average Bonchev–Trinajstić information content (AvgIpc) is 2.39. The zero-order chi connectivity index (χ0) is 10.8. The second-order valence-corrected chi connectivity index (χ2v) is 4.17. The van der Waals surface area contributed by atoms with Crippen molar-refractivity contribution in [2.75, 3.05) is 31.5 Å². The van der Waals surface area contributed by atoms with Gasteiger partial charge in [-0.2, -0.15) is 0 Å². The highest BCUT2D eigenvalue weighted by molar-refractivity contribution is 5.82. The number of piperazine rings is 1. The van der Waals surface area contributed by atoms with Gasteiger partial charge in [0.25, 0.3) is 0 Å². The van der Waals surface area contributed by atoms with Crippen LogP contribution < -0.4 is 10.6 Å². The van der Waals surface area contributed by atoms with Crippen LogP contribution in [0.2, 0.25) is 0 Å². The second-order valence-electron chi connectivity index (χ2n) is 4.17. The first kappa shape index (κ1) is 9.81. The van der Waals surface area contributed by atoms with Crippen LogP contribution in [-0.2, 0) is 0 Å². The summed E-state index contributed by atoms with van der Waals surface area (Å²) in [7, 11) is 0. The molecule has 1 fully saturated rings. The van der Waals surface area contributed by atoms with Crippen LogP contribution in [0.4, 0.5) is 11.4 Å². The fourth-order valence-corrected chi connectivity index (χ4v) is 2.20. The lowest BCUT2D eigenvalue weighted by atomic mass is 10.2. The van der Waals surface area contributed by atoms with Crippen molar-refractivity contribution in [3.63, 3.8) is 0 Å². The summed E-state index contributed by atoms with van der Waals surface area (Å²) in [6, 6.07) is 8.18. The smallest absolute Gasteiger partial charge is 0.116 e. The molecular formula is C12H16N4. The van der Waals surface area contributed by atoms with Crippen LogP contribution in [0.5, 0.6) is 0 Å². The van der Waals surface area contributed by atoms with E-state index in [1.165, 1.54) is 0 Å². The van der Waals surface area contributed by atoms with E-state index >= 15 is 0 Å². The quantitative estimate of drug-likeness (QED) is 0.737. The molecule has 1 atom stereocenters. The monoisotopic (exact) mass is 216 g/mol. The summed E-state index contributed by atoms with van der Waals surface area (Å²) >= 11 is 0. The maximum absolute atomic E-state index is 4.50. The molecular weight excluding hydrogens is 200 g/mol. The first-order chi connectivity index (χ1) is 7.93. The van der Waals surface area contributed by atoms with Crippen molar-refractivity contribution < 1.29 is 0 Å². The number of nitrogens with one attached hydrogen (secondary N) is 2. The lowest BCUT2D eigenvalue weighted by Crippen LogP contribution is -2.52. The van der Waals surface area contributed by atoms with E-state index in [0.29, 0.717) is 0 Å². The fourth-order valence-electron chi connectivity index (χ4n) is 2.20. The Hall–Kier alpha value is -1.39. The van der Waals surface area contributed by atoms with Gasteiger partial charge in [0.05, 0.1) is 11.4 Å². The highest BCUT2D eigenvalue weighted by Gasteiger charge is 2.21. The van der Waals surface area contributed by atoms with E-state index in [1.807, 2.05) is 24.4 Å². The number of benzene rings is 1. The van der Waals surface area contributed by atoms with Gasteiger partial charge in [0.15, 0.2) is 0 Å². The second kappa shape index (κ2) is 4.23. The normalized spacial score (nSPS) is 24.9. The topological polar surface area (TPSA) is 39.7 Å². The molecule has 0 aliphatic carbocycles. The van der Waals surface area contributed by atoms with Crippen LogP contribution in [-0.4, -0.2) is 43.5 Å². The molecule has 1 aromatic rings. The van der Waals surface area contributed by atoms with Crippen LogP contribution in [0.25, 0.3) is 0 Å². The molecule has 0 aromatic heterocycles. The summed E-state index contributed by atoms with van der Waals surface area (Å²) in [5, 5.41) is 6.87. The Kier molecular flexibility index (Phi) is 2.60. The fraction of sp³-hybridized carbons (Fsp3) is 0.417. The van der Waals surface area contributed by atoms with E-state index < -0.39 is 0 Å². The number of aliphatic imine (C=N–C) groups is 1. The maximum atomic E-state index is 4.50. The molecule has 2 N–H and O–H groups in total. The average molecular weight is 216 g/mol. The molecule has 2 heterocycles. The van der Waals surface area contributed by atoms with Crippen LogP contribution in [0, 0.1) is 0 Å². The Morgan fingerprint density at radius 2 is 2.00 bits per heavy atom. The van der Waals surface area contributed by atoms with Gasteiger partial charge in [0.1, 0.15) is 6.17 Å². The van der Waals surface area contributed by atoms with Crippen LogP contribution in [0.1, 0.15) is 0 Å². The van der Waals surface area contributed by atoms with E-state index in [9.17, 15) is 0 Å². The Balaban J connectivity index is 1.77. The molecule has 0 radical (unpaired) electrons. The van der Waals surface area contributed by atoms with Crippen LogP contribution in [0.3, 0.4) is 0 Å². The van der Waals surface area contributed by atoms with Gasteiger partial charge in [-0.05, 0) is 12.1 Å². The molecule has 1 saturated heterocycles. The third kappa shape index (κ3) is 1.81. The minimum absolute atomic E-state index is 0.247. The van der Waals surface area contributed by atoms with E-state index in [0.717, 1.165) is 37.6 Å². The lowest BCUT2D eigenvalue weighted by molar-refractivity contribution is 0.229. The third-order valence-electron chi connectivity index (χ3n) is 3.11. The molecule has 16 heavy (non-hydrogen) atoms. The molecule has 0 amide bonds. The summed E-state index contributed by atoms with van der Waals surface area (Å²) < 4.78 is 0. The number of fused-ring (bicyclic) bond motifs is 1. The Labute approximate surface area is 95.4 Å². The molecule has 0 bridgehead atoms. The molecule has 4 heteroatoms. The maximum Gasteiger partial charge on any atom is 0.116 e. The predicted octanol–water partition coefficient (Wildman–Crippen LogP) is 1.05. The number of anilines is 1. The van der Waals surface area contributed by atoms with Crippen molar-refractivity contribution in [3.05, 3.63) is 24.3 Å². The summed E-state index contributed by atoms with van der Waals surface area (Å²) in [6.07, 6.45) is 2.25. The van der Waals surface area contributed by atoms with E-state index in [-0.39, 0.29) is 6.17 Å². The number of para-hydroxylation sites is 2. The van der Waals surface area contributed by atoms with Crippen LogP contribution in [0.15, 0.2) is 29.3 Å². The summed E-state index contributed by atoms with van der Waals surface area (Å²) in [4.78, 5) is 6.91. The lowest BCUT2D eigenvalue weighted by Gasteiger charge is -2.35. The largest absolute Gasteiger partial charge is 0.363 e. The van der Waals surface area contributed by atoms with E-state index in [4.69, 9.17) is 0 Å². The summed E-state index contributed by atoms with van der Waals surface area (Å²) in [6.45, 7) is 4.28. The van der Waals surface area contributed by atoms with Gasteiger partial charge in [-0.25, -0.2) is 0 Å². The SMILES string of the molecule is C1=Nc2ccccc2NC1N1CCNCC1. The minimum Gasteiger partial charge on any atom is -0.363 e. The van der Waals surface area contributed by atoms with Crippen molar-refractivity contribution >= 4 is 17.6 Å². The zero-order valence-corrected chi connectivity index (χ0v) is 9.19. The van der Waals surface area contributed by atoms with Crippen molar-refractivity contribution in [1.82, 2.24) is 10.2 Å². The number of hydrogen-bond acceptors (Lipinski definition) is 4. The summed E-state index contributed by atoms with van der Waals surface area (Å²) in [5.41, 5.74) is 2.17. The molecule has 1 unspecified atom stereocenters. The molecule has 0 saturated carbocycles. The molecule has 4 nitrogen and oxygen atoms in total. The Morgan fingerprint density at radius 3 is 2.88 bits per heavy atom. The minimum atomic E-state index is 0.247. The van der Waals surface area contributed by atoms with Gasteiger partial charge < -0.3 is 10.6 Å². The molecule has 3 rings (SSSR count). The van der Waals surface area contributed by atoms with Crippen LogP contribution >= 0.6 is 0 Å². The van der Waals surface area contributed by atoms with Crippen molar-refractivity contribution in [3.8, 4) is 0 Å². The van der Waals surface area contributed by atoms with Crippen molar-refractivity contribution in [2.45, 2.75) is 6.17 Å². The predicted molar refractivity (Wildman–Crippen MR) is 66.4 cm³/mol. The Morgan fingerprint density at radius 1 is 1.19 bits per heavy atom. The summed E-state index contributed by atoms with van der Waals surface area (Å²) in [5.74, 6) is 0. The Bertz CT molecular complexity index is 396. The number of rotatable bonds is 1. The first-order valence-electron chi connectivity index (χ1n) is 5.78. The molecule has 84 valence electrons. The van der Waals surface area contributed by atoms with Gasteiger partial charge in [0.2, 0.25) is 0 Å². The van der Waals surface area contributed by atoms with Gasteiger partial charge in [-0.15, -0.1) is 0 Å². The number of nitrogens with zero attached hydrogens (tertiary/aromatic N) is 2. The molecule has 1 aromatic carbocycles. The highest BCUT2D eigenvalue weighted by Crippen LogP contribution is 2.27. The van der Waals surface area contributed by atoms with E-state index in [2.05, 4.69) is 26.6 Å². The number of hydrogen-bond donors (Lipinski definition) is 2. The van der Waals surface area contributed by atoms with Crippen molar-refractivity contribution in [1.29, 1.82) is 0 Å². The first-order valence-corrected chi connectivity index (χ1v) is 5.78. The zero-order valence-electron chi connectivity index (χ0n) is 9.19. The third-order valence-corrected chi connectivity index (χ3v) is 3.11. The standard InChI is InChI=1S/C12H16N4/c1-2-4-11-10(3-1)14-9-12(15-11)16-7-5-13-6-8-16/h1-4,9,12-13,15H,5-8H2. The van der Waals surface area contributed by atoms with Crippen molar-refractivity contribution in [2.24, 2.45) is 4.99 Å². The molecule has 2 aliphatic rings. The van der Waals surface area contributed by atoms with Gasteiger partial charge in [-0.1, -0.05) is 12.1 Å². The van der Waals surface area contributed by atoms with Gasteiger partial charge >= 0.3 is 0 Å².